The van der Waals surface area contributed by atoms with Gasteiger partial charge in [-0.05, 0) is 49.2 Å². The van der Waals surface area contributed by atoms with Crippen molar-refractivity contribution in [3.8, 4) is 5.75 Å². The maximum Gasteiger partial charge on any atom is 0.322 e. The Bertz CT molecular complexity index is 885. The van der Waals surface area contributed by atoms with E-state index in [1.165, 1.54) is 30.3 Å². The van der Waals surface area contributed by atoms with E-state index in [0.29, 0.717) is 12.2 Å². The summed E-state index contributed by atoms with van der Waals surface area (Å²) in [4.78, 5) is 14.3. The number of rotatable bonds is 7. The fraction of sp³-hybridized carbons (Fsp3) is 0.316. The van der Waals surface area contributed by atoms with Gasteiger partial charge in [-0.1, -0.05) is 25.1 Å². The van der Waals surface area contributed by atoms with Crippen molar-refractivity contribution in [2.45, 2.75) is 32.9 Å². The summed E-state index contributed by atoms with van der Waals surface area (Å²) in [6, 6.07) is 11.8. The van der Waals surface area contributed by atoms with Crippen LogP contribution >= 0.6 is 0 Å². The Morgan fingerprint density at radius 2 is 1.89 bits per heavy atom. The highest BCUT2D eigenvalue weighted by Crippen LogP contribution is 2.18. The lowest BCUT2D eigenvalue weighted by Crippen LogP contribution is -2.40. The Morgan fingerprint density at radius 1 is 1.22 bits per heavy atom. The molecule has 0 aromatic heterocycles. The standard InChI is InChI=1S/C19H23FN2O4S/c1-4-14(2)22(19(23)21-17-7-5-6-16(20)12-17)13-15-8-10-18(11-9-15)26-27(3,24)25/h5-12,14H,4,13H2,1-3H3,(H,21,23)/t14-/m0/s1. The SMILES string of the molecule is CC[C@H](C)N(Cc1ccc(OS(C)(=O)=O)cc1)C(=O)Nc1cccc(F)c1. The number of nitrogens with zero attached hydrogens (tertiary/aromatic N) is 1. The van der Waals surface area contributed by atoms with Crippen molar-refractivity contribution in [1.29, 1.82) is 0 Å². The van der Waals surface area contributed by atoms with Gasteiger partial charge in [-0.2, -0.15) is 8.42 Å². The minimum atomic E-state index is -3.59. The summed E-state index contributed by atoms with van der Waals surface area (Å²) in [5, 5.41) is 2.70. The fourth-order valence-electron chi connectivity index (χ4n) is 2.43. The normalized spacial score (nSPS) is 12.3. The second kappa shape index (κ2) is 8.85. The fourth-order valence-corrected chi connectivity index (χ4v) is 2.89. The number of carbonyl (C=O) groups is 1. The van der Waals surface area contributed by atoms with Crippen molar-refractivity contribution in [3.05, 3.63) is 59.9 Å². The van der Waals surface area contributed by atoms with E-state index in [1.807, 2.05) is 13.8 Å². The van der Waals surface area contributed by atoms with E-state index in [-0.39, 0.29) is 17.8 Å². The van der Waals surface area contributed by atoms with Crippen LogP contribution in [0.25, 0.3) is 0 Å². The quantitative estimate of drug-likeness (QED) is 0.721. The topological polar surface area (TPSA) is 75.7 Å². The van der Waals surface area contributed by atoms with Crippen molar-refractivity contribution >= 4 is 21.8 Å². The molecule has 0 unspecified atom stereocenters. The van der Waals surface area contributed by atoms with Crippen LogP contribution in [-0.4, -0.2) is 31.6 Å². The molecule has 27 heavy (non-hydrogen) atoms. The molecule has 0 radical (unpaired) electrons. The average Bonchev–Trinajstić information content (AvgIpc) is 2.59. The molecular weight excluding hydrogens is 371 g/mol. The van der Waals surface area contributed by atoms with Crippen LogP contribution in [-0.2, 0) is 16.7 Å². The third kappa shape index (κ3) is 6.56. The number of carbonyl (C=O) groups excluding carboxylic acids is 1. The number of nitrogens with one attached hydrogen (secondary N) is 1. The molecule has 0 heterocycles. The van der Waals surface area contributed by atoms with Crippen LogP contribution in [0, 0.1) is 5.82 Å². The zero-order valence-corrected chi connectivity index (χ0v) is 16.3. The van der Waals surface area contributed by atoms with E-state index in [0.717, 1.165) is 18.2 Å². The van der Waals surface area contributed by atoms with Gasteiger partial charge in [0.1, 0.15) is 11.6 Å². The third-order valence-corrected chi connectivity index (χ3v) is 4.48. The van der Waals surface area contributed by atoms with Gasteiger partial charge in [-0.15, -0.1) is 0 Å². The van der Waals surface area contributed by atoms with Gasteiger partial charge in [-0.25, -0.2) is 9.18 Å². The number of anilines is 1. The molecule has 2 rings (SSSR count). The molecular formula is C19H23FN2O4S. The lowest BCUT2D eigenvalue weighted by atomic mass is 10.1. The molecule has 2 aromatic carbocycles. The summed E-state index contributed by atoms with van der Waals surface area (Å²) in [5.74, 6) is -0.218. The number of hydrogen-bond acceptors (Lipinski definition) is 4. The smallest absolute Gasteiger partial charge is 0.322 e. The van der Waals surface area contributed by atoms with E-state index in [4.69, 9.17) is 4.18 Å². The maximum absolute atomic E-state index is 13.3. The van der Waals surface area contributed by atoms with Crippen LogP contribution in [0.4, 0.5) is 14.9 Å². The number of urea groups is 1. The molecule has 0 saturated carbocycles. The number of benzene rings is 2. The molecule has 0 spiro atoms. The summed E-state index contributed by atoms with van der Waals surface area (Å²) in [7, 11) is -3.59. The maximum atomic E-state index is 13.3. The minimum absolute atomic E-state index is 0.0505. The predicted molar refractivity (Wildman–Crippen MR) is 103 cm³/mol. The van der Waals surface area contributed by atoms with Crippen LogP contribution in [0.3, 0.4) is 0 Å². The molecule has 0 bridgehead atoms. The second-order valence-corrected chi connectivity index (χ2v) is 7.83. The molecule has 6 nitrogen and oxygen atoms in total. The van der Waals surface area contributed by atoms with E-state index < -0.39 is 15.9 Å². The van der Waals surface area contributed by atoms with Crippen molar-refractivity contribution < 1.29 is 21.8 Å². The molecule has 8 heteroatoms. The molecule has 2 aromatic rings. The predicted octanol–water partition coefficient (Wildman–Crippen LogP) is 4.00. The summed E-state index contributed by atoms with van der Waals surface area (Å²) in [5.41, 5.74) is 1.19. The van der Waals surface area contributed by atoms with Crippen molar-refractivity contribution in [3.63, 3.8) is 0 Å². The lowest BCUT2D eigenvalue weighted by molar-refractivity contribution is 0.187. The minimum Gasteiger partial charge on any atom is -0.383 e. The molecule has 0 saturated heterocycles. The first-order chi connectivity index (χ1) is 12.7. The van der Waals surface area contributed by atoms with Gasteiger partial charge >= 0.3 is 16.1 Å². The molecule has 1 N–H and O–H groups in total. The van der Waals surface area contributed by atoms with Crippen LogP contribution in [0.15, 0.2) is 48.5 Å². The molecule has 1 atom stereocenters. The number of hydrogen-bond donors (Lipinski definition) is 1. The summed E-state index contributed by atoms with van der Waals surface area (Å²) >= 11 is 0. The Hall–Kier alpha value is -2.61. The van der Waals surface area contributed by atoms with Crippen molar-refractivity contribution in [2.75, 3.05) is 11.6 Å². The summed E-state index contributed by atoms with van der Waals surface area (Å²) < 4.78 is 40.5. The molecule has 0 aliphatic rings. The number of halogens is 1. The summed E-state index contributed by atoms with van der Waals surface area (Å²) in [6.45, 7) is 4.21. The van der Waals surface area contributed by atoms with Crippen LogP contribution in [0.5, 0.6) is 5.75 Å². The largest absolute Gasteiger partial charge is 0.383 e. The van der Waals surface area contributed by atoms with E-state index in [2.05, 4.69) is 5.32 Å². The van der Waals surface area contributed by atoms with Gasteiger partial charge < -0.3 is 14.4 Å². The monoisotopic (exact) mass is 394 g/mol. The zero-order chi connectivity index (χ0) is 20.0. The van der Waals surface area contributed by atoms with Crippen molar-refractivity contribution in [2.24, 2.45) is 0 Å². The highest BCUT2D eigenvalue weighted by Gasteiger charge is 2.19. The molecule has 0 fully saturated rings. The number of amides is 2. The zero-order valence-electron chi connectivity index (χ0n) is 15.5. The molecule has 2 amide bonds. The molecule has 146 valence electrons. The average molecular weight is 394 g/mol. The van der Waals surface area contributed by atoms with Gasteiger partial charge in [0.15, 0.2) is 0 Å². The third-order valence-electron chi connectivity index (χ3n) is 3.98. The van der Waals surface area contributed by atoms with Gasteiger partial charge in [-0.3, -0.25) is 0 Å². The van der Waals surface area contributed by atoms with Crippen molar-refractivity contribution in [1.82, 2.24) is 4.90 Å². The van der Waals surface area contributed by atoms with Gasteiger partial charge in [0.2, 0.25) is 0 Å². The Morgan fingerprint density at radius 3 is 2.44 bits per heavy atom. The Balaban J connectivity index is 2.13. The summed E-state index contributed by atoms with van der Waals surface area (Å²) in [6.07, 6.45) is 1.72. The highest BCUT2D eigenvalue weighted by atomic mass is 32.2. The second-order valence-electron chi connectivity index (χ2n) is 6.26. The van der Waals surface area contributed by atoms with Gasteiger partial charge in [0.25, 0.3) is 0 Å². The van der Waals surface area contributed by atoms with E-state index in [9.17, 15) is 17.6 Å². The molecule has 0 aliphatic carbocycles. The van der Waals surface area contributed by atoms with Gasteiger partial charge in [0, 0.05) is 18.3 Å². The van der Waals surface area contributed by atoms with E-state index >= 15 is 0 Å². The van der Waals surface area contributed by atoms with Crippen LogP contribution < -0.4 is 9.50 Å². The Labute approximate surface area is 159 Å². The first kappa shape index (κ1) is 20.7. The van der Waals surface area contributed by atoms with Crippen LogP contribution in [0.2, 0.25) is 0 Å². The van der Waals surface area contributed by atoms with Gasteiger partial charge in [0.05, 0.1) is 6.26 Å². The lowest BCUT2D eigenvalue weighted by Gasteiger charge is -2.29. The first-order valence-corrected chi connectivity index (χ1v) is 10.3. The Kier molecular flexibility index (Phi) is 6.79. The first-order valence-electron chi connectivity index (χ1n) is 8.49. The molecule has 0 aliphatic heterocycles. The van der Waals surface area contributed by atoms with E-state index in [1.54, 1.807) is 23.1 Å². The highest BCUT2D eigenvalue weighted by molar-refractivity contribution is 7.86. The van der Waals surface area contributed by atoms with Crippen LogP contribution in [0.1, 0.15) is 25.8 Å².